The molecule has 0 radical (unpaired) electrons. The monoisotopic (exact) mass is 442 g/mol. The molecule has 0 spiro atoms. The van der Waals surface area contributed by atoms with Crippen LogP contribution < -0.4 is 0 Å². The van der Waals surface area contributed by atoms with E-state index in [0.717, 1.165) is 25.7 Å². The summed E-state index contributed by atoms with van der Waals surface area (Å²) in [5.41, 5.74) is 3.71. The number of aliphatic hydroxyl groups excluding tert-OH is 2. The summed E-state index contributed by atoms with van der Waals surface area (Å²) in [7, 11) is 0. The summed E-state index contributed by atoms with van der Waals surface area (Å²) in [4.78, 5) is 0. The van der Waals surface area contributed by atoms with Gasteiger partial charge in [0.15, 0.2) is 0 Å². The van der Waals surface area contributed by atoms with Crippen molar-refractivity contribution in [3.63, 3.8) is 0 Å². The molecule has 182 valence electrons. The standard InChI is InChI=1S/C30H50O2/c1-18(2)19(3)9-10-20(4)23-17-24(31)27-21-11-12-25-28(5,6)26(32)14-16-29(25,7)22(21)13-15-30(23,27)8/h9-10,18-20,23-27,31-32H,11-17H2,1-8H3/t19-,20+,23+,24-,25-,26-,27-,29+,30+/m0/s1. The summed E-state index contributed by atoms with van der Waals surface area (Å²) in [6.45, 7) is 18.9. The molecule has 2 nitrogen and oxygen atoms in total. The van der Waals surface area contributed by atoms with Crippen LogP contribution in [0.25, 0.3) is 0 Å². The number of fused-ring (bicyclic) bond motifs is 4. The first kappa shape index (κ1) is 24.5. The Morgan fingerprint density at radius 1 is 0.906 bits per heavy atom. The molecule has 0 bridgehead atoms. The minimum Gasteiger partial charge on any atom is -0.393 e. The van der Waals surface area contributed by atoms with E-state index in [-0.39, 0.29) is 28.5 Å². The summed E-state index contributed by atoms with van der Waals surface area (Å²) >= 11 is 0. The third-order valence-electron chi connectivity index (χ3n) is 11.4. The van der Waals surface area contributed by atoms with Crippen LogP contribution in [0, 0.1) is 51.8 Å². The molecule has 0 heterocycles. The van der Waals surface area contributed by atoms with Gasteiger partial charge in [-0.3, -0.25) is 0 Å². The minimum absolute atomic E-state index is 0.0183. The van der Waals surface area contributed by atoms with Crippen molar-refractivity contribution in [2.45, 2.75) is 113 Å². The van der Waals surface area contributed by atoms with Crippen molar-refractivity contribution >= 4 is 0 Å². The third kappa shape index (κ3) is 3.58. The predicted octanol–water partition coefficient (Wildman–Crippen LogP) is 7.16. The molecule has 0 aromatic rings. The summed E-state index contributed by atoms with van der Waals surface area (Å²) in [6.07, 6.45) is 12.2. The smallest absolute Gasteiger partial charge is 0.0614 e. The summed E-state index contributed by atoms with van der Waals surface area (Å²) in [5, 5.41) is 22.2. The maximum absolute atomic E-state index is 11.4. The Bertz CT molecular complexity index is 776. The van der Waals surface area contributed by atoms with E-state index in [4.69, 9.17) is 0 Å². The highest BCUT2D eigenvalue weighted by atomic mass is 16.3. The van der Waals surface area contributed by atoms with E-state index in [1.807, 2.05) is 0 Å². The molecular formula is C30H50O2. The third-order valence-corrected chi connectivity index (χ3v) is 11.4. The molecular weight excluding hydrogens is 392 g/mol. The van der Waals surface area contributed by atoms with E-state index in [2.05, 4.69) is 67.5 Å². The van der Waals surface area contributed by atoms with Crippen LogP contribution in [0.15, 0.2) is 23.3 Å². The van der Waals surface area contributed by atoms with Crippen LogP contribution in [0.2, 0.25) is 0 Å². The van der Waals surface area contributed by atoms with Crippen LogP contribution in [0.3, 0.4) is 0 Å². The maximum Gasteiger partial charge on any atom is 0.0614 e. The lowest BCUT2D eigenvalue weighted by molar-refractivity contribution is -0.0940. The second kappa shape index (κ2) is 8.26. The first-order valence-electron chi connectivity index (χ1n) is 13.6. The first-order chi connectivity index (χ1) is 14.8. The van der Waals surface area contributed by atoms with Crippen molar-refractivity contribution < 1.29 is 10.2 Å². The fourth-order valence-corrected chi connectivity index (χ4v) is 8.92. The Balaban J connectivity index is 1.65. The Hall–Kier alpha value is -0.600. The average Bonchev–Trinajstić information content (AvgIpc) is 3.00. The van der Waals surface area contributed by atoms with Gasteiger partial charge in [-0.15, -0.1) is 0 Å². The van der Waals surface area contributed by atoms with Gasteiger partial charge in [0.2, 0.25) is 0 Å². The largest absolute Gasteiger partial charge is 0.393 e. The van der Waals surface area contributed by atoms with Crippen LogP contribution >= 0.6 is 0 Å². The normalized spacial score (nSPS) is 45.5. The van der Waals surface area contributed by atoms with E-state index < -0.39 is 0 Å². The van der Waals surface area contributed by atoms with Crippen LogP contribution in [-0.4, -0.2) is 22.4 Å². The van der Waals surface area contributed by atoms with E-state index in [1.54, 1.807) is 11.1 Å². The molecule has 0 saturated heterocycles. The molecule has 0 aromatic heterocycles. The van der Waals surface area contributed by atoms with Crippen molar-refractivity contribution in [3.8, 4) is 0 Å². The number of allylic oxidation sites excluding steroid dienone is 3. The second-order valence-electron chi connectivity index (χ2n) is 13.6. The minimum atomic E-state index is -0.198. The first-order valence-corrected chi connectivity index (χ1v) is 13.6. The lowest BCUT2D eigenvalue weighted by Gasteiger charge is -2.60. The van der Waals surface area contributed by atoms with Crippen molar-refractivity contribution in [2.24, 2.45) is 51.8 Å². The molecule has 2 saturated carbocycles. The quantitative estimate of drug-likeness (QED) is 0.453. The lowest BCUT2D eigenvalue weighted by atomic mass is 9.45. The molecule has 0 unspecified atom stereocenters. The van der Waals surface area contributed by atoms with Crippen LogP contribution in [0.5, 0.6) is 0 Å². The summed E-state index contributed by atoms with van der Waals surface area (Å²) < 4.78 is 0. The summed E-state index contributed by atoms with van der Waals surface area (Å²) in [5.74, 6) is 3.24. The number of hydrogen-bond donors (Lipinski definition) is 2. The SMILES string of the molecule is CC(C)[C@@H](C)C=C[C@@H](C)[C@H]1C[C@H](O)[C@@H]2C3=C(CC[C@]12C)[C@@]1(C)CC[C@H](O)C(C)(C)[C@@H]1CC3. The molecule has 0 aliphatic heterocycles. The van der Waals surface area contributed by atoms with E-state index in [9.17, 15) is 10.2 Å². The van der Waals surface area contributed by atoms with Gasteiger partial charge >= 0.3 is 0 Å². The predicted molar refractivity (Wildman–Crippen MR) is 134 cm³/mol. The van der Waals surface area contributed by atoms with Crippen LogP contribution in [0.1, 0.15) is 100 Å². The van der Waals surface area contributed by atoms with Gasteiger partial charge in [-0.25, -0.2) is 0 Å². The zero-order valence-corrected chi connectivity index (χ0v) is 22.1. The Morgan fingerprint density at radius 3 is 2.25 bits per heavy atom. The average molecular weight is 443 g/mol. The van der Waals surface area contributed by atoms with Gasteiger partial charge < -0.3 is 10.2 Å². The molecule has 2 N–H and O–H groups in total. The van der Waals surface area contributed by atoms with Gasteiger partial charge in [0, 0.05) is 5.92 Å². The molecule has 0 amide bonds. The number of aliphatic hydroxyl groups is 2. The Labute approximate surface area is 198 Å². The Kier molecular flexibility index (Phi) is 6.33. The van der Waals surface area contributed by atoms with Gasteiger partial charge in [0.25, 0.3) is 0 Å². The summed E-state index contributed by atoms with van der Waals surface area (Å²) in [6, 6.07) is 0. The van der Waals surface area contributed by atoms with Gasteiger partial charge in [-0.2, -0.15) is 0 Å². The second-order valence-corrected chi connectivity index (χ2v) is 13.6. The van der Waals surface area contributed by atoms with Crippen LogP contribution in [0.4, 0.5) is 0 Å². The topological polar surface area (TPSA) is 40.5 Å². The van der Waals surface area contributed by atoms with Crippen molar-refractivity contribution in [1.82, 2.24) is 0 Å². The van der Waals surface area contributed by atoms with E-state index >= 15 is 0 Å². The maximum atomic E-state index is 11.4. The molecule has 2 heteroatoms. The molecule has 9 atom stereocenters. The molecule has 4 aliphatic rings. The zero-order valence-electron chi connectivity index (χ0n) is 22.1. The highest BCUT2D eigenvalue weighted by molar-refractivity contribution is 5.36. The number of rotatable bonds is 4. The molecule has 0 aromatic carbocycles. The lowest BCUT2D eigenvalue weighted by Crippen LogP contribution is -2.54. The van der Waals surface area contributed by atoms with Gasteiger partial charge in [-0.1, -0.05) is 78.7 Å². The zero-order chi connectivity index (χ0) is 23.6. The van der Waals surface area contributed by atoms with E-state index in [0.29, 0.717) is 35.5 Å². The molecule has 32 heavy (non-hydrogen) atoms. The fraction of sp³-hybridized carbons (Fsp3) is 0.867. The van der Waals surface area contributed by atoms with Crippen molar-refractivity contribution in [2.75, 3.05) is 0 Å². The molecule has 4 rings (SSSR count). The molecule has 2 fully saturated rings. The van der Waals surface area contributed by atoms with Crippen molar-refractivity contribution in [1.29, 1.82) is 0 Å². The van der Waals surface area contributed by atoms with Gasteiger partial charge in [0.1, 0.15) is 0 Å². The fourth-order valence-electron chi connectivity index (χ4n) is 8.92. The highest BCUT2D eigenvalue weighted by Crippen LogP contribution is 2.67. The van der Waals surface area contributed by atoms with Crippen LogP contribution in [-0.2, 0) is 0 Å². The number of hydrogen-bond acceptors (Lipinski definition) is 2. The van der Waals surface area contributed by atoms with Crippen molar-refractivity contribution in [3.05, 3.63) is 23.3 Å². The molecule has 4 aliphatic carbocycles. The Morgan fingerprint density at radius 2 is 1.59 bits per heavy atom. The highest BCUT2D eigenvalue weighted by Gasteiger charge is 2.61. The van der Waals surface area contributed by atoms with Gasteiger partial charge in [0.05, 0.1) is 12.2 Å². The van der Waals surface area contributed by atoms with E-state index in [1.165, 1.54) is 19.3 Å². The van der Waals surface area contributed by atoms with Gasteiger partial charge in [-0.05, 0) is 90.8 Å².